The van der Waals surface area contributed by atoms with Crippen LogP contribution in [0, 0.1) is 12.7 Å². The number of halogens is 1. The van der Waals surface area contributed by atoms with Crippen LogP contribution in [0.4, 0.5) is 10.1 Å². The van der Waals surface area contributed by atoms with Crippen molar-refractivity contribution in [2.24, 2.45) is 0 Å². The van der Waals surface area contributed by atoms with Gasteiger partial charge in [0, 0.05) is 59.8 Å². The number of esters is 1. The van der Waals surface area contributed by atoms with Crippen molar-refractivity contribution in [1.82, 2.24) is 40.4 Å². The summed E-state index contributed by atoms with van der Waals surface area (Å²) in [6.45, 7) is 2.05. The number of hydrogen-bond acceptors (Lipinski definition) is 17. The van der Waals surface area contributed by atoms with E-state index in [4.69, 9.17) is 23.9 Å². The van der Waals surface area contributed by atoms with Crippen LogP contribution in [0.15, 0.2) is 94.6 Å². The number of carbonyl (C=O) groups excluding carboxylic acids is 8. The van der Waals surface area contributed by atoms with Gasteiger partial charge in [-0.1, -0.05) is 37.3 Å². The maximum atomic E-state index is 15.0. The van der Waals surface area contributed by atoms with Crippen molar-refractivity contribution in [2.75, 3.05) is 71.1 Å². The summed E-state index contributed by atoms with van der Waals surface area (Å²) in [6.07, 6.45) is 2.26. The Morgan fingerprint density at radius 3 is 2.14 bits per heavy atom. The summed E-state index contributed by atoms with van der Waals surface area (Å²) in [6, 6.07) is 16.9. The Morgan fingerprint density at radius 1 is 0.795 bits per heavy atom. The standard InChI is InChI=1S/C56H60FN9O16S/c1-3-56(76)41-25-45-52-39(31-66(45)54(74)40(41)32-82-55(56)75)38(37-23-33(2)42(57)26-43(37)64-52)27-61-83(77,78)36-11-9-35(10-12-36)62-48(69)30-60-53(73)44(24-34-7-5-4-6-8-34)63-49(70)29-59-47(68)28-58-46(67)15-17-79-19-21-81-22-20-80-18-16-65-50(71)13-14-51(65)72/h4-14,23,25-26,44,61,76H,3,15-22,24,27-32H2,1-2H3,(H,58,67)(H,59,68)(H,60,73)(H,62,69)(H,63,70)/t44?,56-/m0/s1. The first-order chi connectivity index (χ1) is 39.8. The largest absolute Gasteiger partial charge is 0.458 e. The number of ether oxygens (including phenoxy) is 4. The van der Waals surface area contributed by atoms with Crippen LogP contribution in [0.2, 0.25) is 0 Å². The Bertz CT molecular complexity index is 3540. The first-order valence-corrected chi connectivity index (χ1v) is 27.8. The molecule has 3 aliphatic rings. The molecule has 1 unspecified atom stereocenters. The highest BCUT2D eigenvalue weighted by atomic mass is 32.2. The lowest BCUT2D eigenvalue weighted by atomic mass is 9.86. The summed E-state index contributed by atoms with van der Waals surface area (Å²) < 4.78 is 68.0. The van der Waals surface area contributed by atoms with E-state index in [0.29, 0.717) is 22.1 Å². The maximum Gasteiger partial charge on any atom is 0.343 e. The Morgan fingerprint density at radius 2 is 1.45 bits per heavy atom. The third-order valence-electron chi connectivity index (χ3n) is 13.8. The van der Waals surface area contributed by atoms with E-state index < -0.39 is 88.2 Å². The topological polar surface area (TPSA) is 338 Å². The average molecular weight is 1170 g/mol. The minimum Gasteiger partial charge on any atom is -0.458 e. The normalized spacial score (nSPS) is 15.5. The molecule has 83 heavy (non-hydrogen) atoms. The third-order valence-corrected chi connectivity index (χ3v) is 15.2. The Hall–Kier alpha value is -8.60. The number of anilines is 1. The van der Waals surface area contributed by atoms with E-state index in [9.17, 15) is 56.7 Å². The molecule has 0 bridgehead atoms. The van der Waals surface area contributed by atoms with Crippen molar-refractivity contribution in [1.29, 1.82) is 0 Å². The zero-order chi connectivity index (χ0) is 59.4. The van der Waals surface area contributed by atoms with Crippen LogP contribution in [-0.2, 0) is 99.0 Å². The second-order valence-corrected chi connectivity index (χ2v) is 21.1. The van der Waals surface area contributed by atoms with E-state index in [1.54, 1.807) is 44.2 Å². The molecule has 3 aromatic carbocycles. The zero-order valence-corrected chi connectivity index (χ0v) is 46.0. The SMILES string of the molecule is CC[C@@]1(O)C(=O)OCc2c1cc1n(c2=O)Cc2c-1nc1cc(F)c(C)cc1c2CNS(=O)(=O)c1ccc(NC(=O)CNC(=O)C(Cc2ccccc2)NC(=O)CNC(=O)CNC(=O)CCOCCOCCOCCN2C(=O)C=CC2=O)cc1. The number of aliphatic hydroxyl groups is 1. The summed E-state index contributed by atoms with van der Waals surface area (Å²) in [5.41, 5.74) is 0.181. The summed E-state index contributed by atoms with van der Waals surface area (Å²) in [5, 5.41) is 24.2. The number of hydrogen-bond donors (Lipinski definition) is 7. The lowest BCUT2D eigenvalue weighted by molar-refractivity contribution is -0.172. The number of rotatable bonds is 28. The van der Waals surface area contributed by atoms with Gasteiger partial charge in [0.1, 0.15) is 18.5 Å². The quantitative estimate of drug-likeness (QED) is 0.0198. The molecule has 0 saturated heterocycles. The van der Waals surface area contributed by atoms with Crippen molar-refractivity contribution in [3.63, 3.8) is 0 Å². The van der Waals surface area contributed by atoms with Gasteiger partial charge in [0.2, 0.25) is 39.6 Å². The molecule has 3 aliphatic heterocycles. The number of sulfonamides is 1. The molecule has 0 radical (unpaired) electrons. The Labute approximate surface area is 474 Å². The van der Waals surface area contributed by atoms with Crippen LogP contribution in [0.1, 0.15) is 53.1 Å². The maximum absolute atomic E-state index is 15.0. The number of nitrogens with one attached hydrogen (secondary N) is 6. The number of carbonyl (C=O) groups is 8. The molecule has 7 N–H and O–H groups in total. The van der Waals surface area contributed by atoms with E-state index in [1.807, 2.05) is 0 Å². The van der Waals surface area contributed by atoms with E-state index in [1.165, 1.54) is 59.2 Å². The van der Waals surface area contributed by atoms with Crippen LogP contribution < -0.4 is 36.9 Å². The zero-order valence-electron chi connectivity index (χ0n) is 45.2. The van der Waals surface area contributed by atoms with Crippen molar-refractivity contribution in [2.45, 2.75) is 69.3 Å². The second-order valence-electron chi connectivity index (χ2n) is 19.4. The lowest BCUT2D eigenvalue weighted by Gasteiger charge is -2.31. The van der Waals surface area contributed by atoms with Crippen LogP contribution in [0.3, 0.4) is 0 Å². The molecule has 0 fully saturated rings. The number of cyclic esters (lactones) is 1. The summed E-state index contributed by atoms with van der Waals surface area (Å²) in [7, 11) is -4.28. The van der Waals surface area contributed by atoms with Gasteiger partial charge in [-0.15, -0.1) is 0 Å². The molecule has 438 valence electrons. The Balaban J connectivity index is 0.782. The molecule has 5 heterocycles. The fourth-order valence-corrected chi connectivity index (χ4v) is 10.3. The van der Waals surface area contributed by atoms with Crippen LogP contribution in [0.5, 0.6) is 0 Å². The highest BCUT2D eigenvalue weighted by molar-refractivity contribution is 7.89. The minimum absolute atomic E-state index is 0.0125. The predicted molar refractivity (Wildman–Crippen MR) is 292 cm³/mol. The number of fused-ring (bicyclic) bond motifs is 5. The van der Waals surface area contributed by atoms with Gasteiger partial charge in [-0.05, 0) is 66.4 Å². The van der Waals surface area contributed by atoms with Gasteiger partial charge in [0.25, 0.3) is 17.4 Å². The summed E-state index contributed by atoms with van der Waals surface area (Å²) >= 11 is 0. The molecule has 0 spiro atoms. The van der Waals surface area contributed by atoms with E-state index in [-0.39, 0.29) is 141 Å². The number of pyridine rings is 2. The molecule has 2 atom stereocenters. The highest BCUT2D eigenvalue weighted by Crippen LogP contribution is 2.40. The molecule has 2 aromatic heterocycles. The number of nitrogens with zero attached hydrogens (tertiary/aromatic N) is 3. The van der Waals surface area contributed by atoms with Gasteiger partial charge in [0.05, 0.1) is 99.7 Å². The minimum atomic E-state index is -4.28. The number of aryl methyl sites for hydroxylation is 1. The number of imide groups is 1. The van der Waals surface area contributed by atoms with Crippen molar-refractivity contribution < 1.29 is 75.2 Å². The van der Waals surface area contributed by atoms with Crippen molar-refractivity contribution >= 4 is 73.9 Å². The molecule has 0 saturated carbocycles. The van der Waals surface area contributed by atoms with Crippen molar-refractivity contribution in [3.05, 3.63) is 135 Å². The molecular weight excluding hydrogens is 1110 g/mol. The fraction of sp³-hybridized carbons (Fsp3) is 0.357. The average Bonchev–Trinajstić information content (AvgIpc) is 1.95. The number of aromatic nitrogens is 2. The summed E-state index contributed by atoms with van der Waals surface area (Å²) in [4.78, 5) is 120. The van der Waals surface area contributed by atoms with Crippen LogP contribution in [-0.4, -0.2) is 147 Å². The van der Waals surface area contributed by atoms with E-state index in [2.05, 4.69) is 31.3 Å². The monoisotopic (exact) mass is 1170 g/mol. The van der Waals surface area contributed by atoms with Crippen LogP contribution >= 0.6 is 0 Å². The van der Waals surface area contributed by atoms with Gasteiger partial charge in [0.15, 0.2) is 5.60 Å². The van der Waals surface area contributed by atoms with E-state index in [0.717, 1.165) is 4.90 Å². The first-order valence-electron chi connectivity index (χ1n) is 26.4. The number of amides is 7. The highest BCUT2D eigenvalue weighted by Gasteiger charge is 2.45. The van der Waals surface area contributed by atoms with Gasteiger partial charge in [-0.25, -0.2) is 27.3 Å². The lowest BCUT2D eigenvalue weighted by Crippen LogP contribution is -2.52. The fourth-order valence-electron chi connectivity index (χ4n) is 9.28. The predicted octanol–water partition coefficient (Wildman–Crippen LogP) is 0.385. The molecule has 25 nitrogen and oxygen atoms in total. The molecule has 7 amide bonds. The molecule has 27 heteroatoms. The van der Waals surface area contributed by atoms with Gasteiger partial charge < -0.3 is 55.2 Å². The Kier molecular flexibility index (Phi) is 19.7. The van der Waals surface area contributed by atoms with Gasteiger partial charge in [-0.3, -0.25) is 43.3 Å². The molecule has 8 rings (SSSR count). The van der Waals surface area contributed by atoms with E-state index >= 15 is 4.39 Å². The van der Waals surface area contributed by atoms with Crippen LogP contribution in [0.25, 0.3) is 22.3 Å². The number of benzene rings is 3. The third kappa shape index (κ3) is 14.7. The smallest absolute Gasteiger partial charge is 0.343 e. The second kappa shape index (κ2) is 27.0. The molecule has 5 aromatic rings. The first kappa shape index (κ1) is 60.5. The summed E-state index contributed by atoms with van der Waals surface area (Å²) in [5.74, 6) is -5.58. The van der Waals surface area contributed by atoms with Gasteiger partial charge in [-0.2, -0.15) is 0 Å². The molecule has 0 aliphatic carbocycles. The molecular formula is C56H60FN9O16S. The van der Waals surface area contributed by atoms with Crippen molar-refractivity contribution in [3.8, 4) is 11.4 Å². The van der Waals surface area contributed by atoms with Gasteiger partial charge >= 0.3 is 5.97 Å².